The average molecular weight is 308 g/mol. The number of benzene rings is 1. The molecule has 0 bridgehead atoms. The zero-order chi connectivity index (χ0) is 15.8. The molecule has 8 heteroatoms. The van der Waals surface area contributed by atoms with Crippen molar-refractivity contribution in [2.24, 2.45) is 0 Å². The van der Waals surface area contributed by atoms with E-state index in [1.165, 1.54) is 4.57 Å². The highest BCUT2D eigenvalue weighted by Crippen LogP contribution is 2.37. The van der Waals surface area contributed by atoms with Crippen molar-refractivity contribution in [1.29, 1.82) is 5.26 Å². The van der Waals surface area contributed by atoms with Crippen molar-refractivity contribution < 1.29 is 4.74 Å². The summed E-state index contributed by atoms with van der Waals surface area (Å²) < 4.78 is 6.98. The van der Waals surface area contributed by atoms with Crippen LogP contribution in [-0.2, 0) is 0 Å². The van der Waals surface area contributed by atoms with Gasteiger partial charge in [0.1, 0.15) is 23.3 Å². The van der Waals surface area contributed by atoms with E-state index in [2.05, 4.69) is 20.8 Å². The quantitative estimate of drug-likeness (QED) is 0.590. The first-order valence-electron chi connectivity index (χ1n) is 6.93. The van der Waals surface area contributed by atoms with Crippen molar-refractivity contribution in [3.63, 3.8) is 0 Å². The predicted molar refractivity (Wildman–Crippen MR) is 84.5 cm³/mol. The fourth-order valence-electron chi connectivity index (χ4n) is 2.68. The van der Waals surface area contributed by atoms with Crippen LogP contribution in [0.2, 0.25) is 0 Å². The predicted octanol–water partition coefficient (Wildman–Crippen LogP) is 1.82. The lowest BCUT2D eigenvalue weighted by Crippen LogP contribution is -2.17. The molecule has 4 rings (SSSR count). The van der Waals surface area contributed by atoms with E-state index in [-0.39, 0.29) is 12.3 Å². The van der Waals surface area contributed by atoms with Gasteiger partial charge in [0, 0.05) is 11.8 Å². The minimum absolute atomic E-state index is 0.0897. The first-order chi connectivity index (χ1) is 11.3. The SMILES string of the molecule is N#CCOc1ccccc1-n1c2c([nH]c1=O)NNc1[nH]ccc1-2. The lowest BCUT2D eigenvalue weighted by atomic mass is 10.2. The minimum atomic E-state index is -0.300. The number of nitriles is 1. The number of rotatable bonds is 3. The number of hydrazine groups is 1. The molecular weight excluding hydrogens is 296 g/mol. The smallest absolute Gasteiger partial charge is 0.332 e. The van der Waals surface area contributed by atoms with Crippen LogP contribution < -0.4 is 21.3 Å². The number of para-hydroxylation sites is 2. The summed E-state index contributed by atoms with van der Waals surface area (Å²) in [6, 6.07) is 10.9. The molecule has 1 aliphatic rings. The van der Waals surface area contributed by atoms with Crippen molar-refractivity contribution in [2.45, 2.75) is 0 Å². The normalized spacial score (nSPS) is 11.6. The first kappa shape index (κ1) is 13.1. The molecule has 0 radical (unpaired) electrons. The second-order valence-electron chi connectivity index (χ2n) is 4.92. The van der Waals surface area contributed by atoms with E-state index in [1.54, 1.807) is 24.4 Å². The Kier molecular flexibility index (Phi) is 2.84. The number of ether oxygens (including phenoxy) is 1. The van der Waals surface area contributed by atoms with Crippen molar-refractivity contribution in [3.8, 4) is 28.8 Å². The van der Waals surface area contributed by atoms with Gasteiger partial charge in [0.2, 0.25) is 0 Å². The van der Waals surface area contributed by atoms with Crippen LogP contribution in [-0.4, -0.2) is 21.1 Å². The molecule has 0 fully saturated rings. The second-order valence-corrected chi connectivity index (χ2v) is 4.92. The Balaban J connectivity index is 1.95. The Hall–Kier alpha value is -3.60. The molecule has 1 aliphatic heterocycles. The monoisotopic (exact) mass is 308 g/mol. The van der Waals surface area contributed by atoms with Crippen molar-refractivity contribution in [1.82, 2.24) is 14.5 Å². The summed E-state index contributed by atoms with van der Waals surface area (Å²) in [7, 11) is 0. The van der Waals surface area contributed by atoms with E-state index in [0.29, 0.717) is 22.9 Å². The Labute approximate surface area is 130 Å². The van der Waals surface area contributed by atoms with Crippen LogP contribution in [0.25, 0.3) is 16.9 Å². The Morgan fingerprint density at radius 1 is 1.17 bits per heavy atom. The van der Waals surface area contributed by atoms with Gasteiger partial charge in [0.05, 0.1) is 5.69 Å². The first-order valence-corrected chi connectivity index (χ1v) is 6.93. The molecule has 114 valence electrons. The summed E-state index contributed by atoms with van der Waals surface area (Å²) in [5.41, 5.74) is 7.74. The Morgan fingerprint density at radius 3 is 2.87 bits per heavy atom. The molecule has 3 heterocycles. The summed E-state index contributed by atoms with van der Waals surface area (Å²) in [5.74, 6) is 1.80. The molecule has 23 heavy (non-hydrogen) atoms. The van der Waals surface area contributed by atoms with E-state index in [0.717, 1.165) is 11.4 Å². The maximum absolute atomic E-state index is 12.5. The van der Waals surface area contributed by atoms with Gasteiger partial charge in [-0.05, 0) is 18.2 Å². The maximum atomic E-state index is 12.5. The van der Waals surface area contributed by atoms with Gasteiger partial charge in [-0.15, -0.1) is 0 Å². The topological polar surface area (TPSA) is 111 Å². The third-order valence-corrected chi connectivity index (χ3v) is 3.61. The highest BCUT2D eigenvalue weighted by molar-refractivity contribution is 5.86. The summed E-state index contributed by atoms with van der Waals surface area (Å²) in [4.78, 5) is 18.3. The van der Waals surface area contributed by atoms with Gasteiger partial charge in [-0.3, -0.25) is 20.4 Å². The molecular formula is C15H12N6O2. The molecule has 8 nitrogen and oxygen atoms in total. The van der Waals surface area contributed by atoms with Crippen LogP contribution in [0.5, 0.6) is 5.75 Å². The third kappa shape index (κ3) is 1.95. The zero-order valence-electron chi connectivity index (χ0n) is 11.9. The fourth-order valence-corrected chi connectivity index (χ4v) is 2.68. The molecule has 4 N–H and O–H groups in total. The van der Waals surface area contributed by atoms with E-state index in [9.17, 15) is 4.79 Å². The summed E-state index contributed by atoms with van der Waals surface area (Å²) in [6.07, 6.45) is 1.79. The van der Waals surface area contributed by atoms with Crippen LogP contribution in [0.3, 0.4) is 0 Å². The van der Waals surface area contributed by atoms with E-state index >= 15 is 0 Å². The molecule has 0 amide bonds. The van der Waals surface area contributed by atoms with Gasteiger partial charge >= 0.3 is 5.69 Å². The van der Waals surface area contributed by atoms with Gasteiger partial charge in [-0.25, -0.2) is 4.79 Å². The third-order valence-electron chi connectivity index (χ3n) is 3.61. The molecule has 0 saturated carbocycles. The number of anilines is 2. The maximum Gasteiger partial charge on any atom is 0.332 e. The average Bonchev–Trinajstić information content (AvgIpc) is 3.16. The van der Waals surface area contributed by atoms with Crippen LogP contribution in [0.4, 0.5) is 11.6 Å². The van der Waals surface area contributed by atoms with Crippen LogP contribution in [0, 0.1) is 11.3 Å². The van der Waals surface area contributed by atoms with Crippen LogP contribution >= 0.6 is 0 Å². The second kappa shape index (κ2) is 4.99. The number of fused-ring (bicyclic) bond motifs is 3. The molecule has 0 spiro atoms. The van der Waals surface area contributed by atoms with Gasteiger partial charge < -0.3 is 9.72 Å². The molecule has 1 aromatic carbocycles. The largest absolute Gasteiger partial charge is 0.477 e. The number of aromatic nitrogens is 3. The summed E-state index contributed by atoms with van der Waals surface area (Å²) in [5, 5.41) is 8.73. The van der Waals surface area contributed by atoms with Crippen LogP contribution in [0.1, 0.15) is 0 Å². The molecule has 3 aromatic rings. The number of nitrogens with one attached hydrogen (secondary N) is 4. The number of H-pyrrole nitrogens is 2. The summed E-state index contributed by atoms with van der Waals surface area (Å²) >= 11 is 0. The van der Waals surface area contributed by atoms with E-state index in [1.807, 2.05) is 18.2 Å². The molecule has 0 aliphatic carbocycles. The van der Waals surface area contributed by atoms with Crippen molar-refractivity contribution in [3.05, 3.63) is 47.0 Å². The van der Waals surface area contributed by atoms with E-state index in [4.69, 9.17) is 10.00 Å². The fraction of sp³-hybridized carbons (Fsp3) is 0.0667. The highest BCUT2D eigenvalue weighted by atomic mass is 16.5. The molecule has 0 saturated heterocycles. The van der Waals surface area contributed by atoms with Gasteiger partial charge in [-0.2, -0.15) is 5.26 Å². The van der Waals surface area contributed by atoms with Crippen molar-refractivity contribution in [2.75, 3.05) is 17.5 Å². The number of hydrogen-bond donors (Lipinski definition) is 4. The standard InChI is InChI=1S/C15H12N6O2/c16-6-8-23-11-4-2-1-3-10(11)21-12-9-5-7-17-13(9)19-20-14(12)18-15(21)22/h1-5,7,17,19-20H,8H2,(H,18,22). The Morgan fingerprint density at radius 2 is 2.00 bits per heavy atom. The molecule has 0 atom stereocenters. The molecule has 2 aromatic heterocycles. The number of aromatic amines is 2. The number of imidazole rings is 1. The van der Waals surface area contributed by atoms with Crippen molar-refractivity contribution >= 4 is 11.6 Å². The summed E-state index contributed by atoms with van der Waals surface area (Å²) in [6.45, 7) is -0.0897. The zero-order valence-corrected chi connectivity index (χ0v) is 11.9. The minimum Gasteiger partial charge on any atom is -0.477 e. The Bertz CT molecular complexity index is 975. The lowest BCUT2D eigenvalue weighted by molar-refractivity contribution is 0.366. The molecule has 0 unspecified atom stereocenters. The number of hydrogen-bond acceptors (Lipinski definition) is 5. The van der Waals surface area contributed by atoms with E-state index < -0.39 is 0 Å². The van der Waals surface area contributed by atoms with Crippen LogP contribution in [0.15, 0.2) is 41.3 Å². The van der Waals surface area contributed by atoms with Gasteiger partial charge in [0.25, 0.3) is 0 Å². The number of nitrogens with zero attached hydrogens (tertiary/aromatic N) is 2. The highest BCUT2D eigenvalue weighted by Gasteiger charge is 2.25. The van der Waals surface area contributed by atoms with Gasteiger partial charge in [0.15, 0.2) is 12.4 Å². The lowest BCUT2D eigenvalue weighted by Gasteiger charge is -2.18. The van der Waals surface area contributed by atoms with Gasteiger partial charge in [-0.1, -0.05) is 12.1 Å².